The summed E-state index contributed by atoms with van der Waals surface area (Å²) >= 11 is 0. The molecular formula is C26H34N2O3. The third kappa shape index (κ3) is 7.68. The molecule has 1 aromatic rings. The van der Waals surface area contributed by atoms with Crippen LogP contribution in [0.3, 0.4) is 0 Å². The summed E-state index contributed by atoms with van der Waals surface area (Å²) in [6, 6.07) is 8.15. The van der Waals surface area contributed by atoms with Crippen LogP contribution >= 0.6 is 0 Å². The first kappa shape index (κ1) is 24.4. The molecule has 0 saturated carbocycles. The zero-order valence-corrected chi connectivity index (χ0v) is 19.1. The maximum atomic E-state index is 12.7. The first-order valence-electron chi connectivity index (χ1n) is 10.6. The Morgan fingerprint density at radius 1 is 1.29 bits per heavy atom. The van der Waals surface area contributed by atoms with Gasteiger partial charge in [-0.05, 0) is 30.0 Å². The van der Waals surface area contributed by atoms with Crippen molar-refractivity contribution in [2.75, 3.05) is 32.6 Å². The van der Waals surface area contributed by atoms with E-state index in [0.717, 1.165) is 29.9 Å². The standard InChI is InChI=1S/C26H34N2O3/c1-6-7-21(25(29)18-28-23-11-8-20(9-12-23)19(2)3)16-27-17-22-10-13-24(30-4)14-15-26(22)31-5/h6-13,16,19,24,28H,1,14-15,17-18H2,2-5H3/b21-7+,27-16?. The first-order chi connectivity index (χ1) is 15.0. The molecule has 2 rings (SSSR count). The third-order valence-electron chi connectivity index (χ3n) is 5.22. The molecule has 5 heteroatoms. The predicted molar refractivity (Wildman–Crippen MR) is 129 cm³/mol. The lowest BCUT2D eigenvalue weighted by molar-refractivity contribution is -0.113. The van der Waals surface area contributed by atoms with Gasteiger partial charge in [-0.25, -0.2) is 0 Å². The van der Waals surface area contributed by atoms with E-state index in [2.05, 4.69) is 42.9 Å². The second kappa shape index (κ2) is 12.7. The van der Waals surface area contributed by atoms with Crippen molar-refractivity contribution in [2.45, 2.75) is 38.7 Å². The highest BCUT2D eigenvalue weighted by molar-refractivity contribution is 6.15. The minimum atomic E-state index is -0.0478. The van der Waals surface area contributed by atoms with Gasteiger partial charge in [0, 0.05) is 36.6 Å². The quantitative estimate of drug-likeness (QED) is 0.301. The van der Waals surface area contributed by atoms with Crippen LogP contribution in [0.15, 0.2) is 77.0 Å². The van der Waals surface area contributed by atoms with E-state index in [-0.39, 0.29) is 18.4 Å². The summed E-state index contributed by atoms with van der Waals surface area (Å²) in [5.41, 5.74) is 3.68. The zero-order valence-electron chi connectivity index (χ0n) is 19.1. The fourth-order valence-electron chi connectivity index (χ4n) is 3.26. The molecule has 1 atom stereocenters. The Kier molecular flexibility index (Phi) is 9.98. The average molecular weight is 423 g/mol. The van der Waals surface area contributed by atoms with Gasteiger partial charge in [0.2, 0.25) is 0 Å². The Balaban J connectivity index is 2.00. The largest absolute Gasteiger partial charge is 0.501 e. The van der Waals surface area contributed by atoms with Gasteiger partial charge < -0.3 is 14.8 Å². The molecule has 0 saturated heterocycles. The van der Waals surface area contributed by atoms with E-state index >= 15 is 0 Å². The summed E-state index contributed by atoms with van der Waals surface area (Å²) in [4.78, 5) is 17.2. The molecule has 0 bridgehead atoms. The molecule has 0 radical (unpaired) electrons. The van der Waals surface area contributed by atoms with Crippen molar-refractivity contribution in [1.82, 2.24) is 0 Å². The normalized spacial score (nSPS) is 17.2. The van der Waals surface area contributed by atoms with Crippen LogP contribution < -0.4 is 5.32 Å². The number of carbonyl (C=O) groups is 1. The van der Waals surface area contributed by atoms with E-state index in [1.54, 1.807) is 32.6 Å². The van der Waals surface area contributed by atoms with Crippen LogP contribution in [0.5, 0.6) is 0 Å². The van der Waals surface area contributed by atoms with Crippen LogP contribution in [0.1, 0.15) is 38.2 Å². The third-order valence-corrected chi connectivity index (χ3v) is 5.22. The lowest BCUT2D eigenvalue weighted by Crippen LogP contribution is -2.16. The Morgan fingerprint density at radius 3 is 2.65 bits per heavy atom. The second-order valence-corrected chi connectivity index (χ2v) is 7.71. The van der Waals surface area contributed by atoms with Gasteiger partial charge in [-0.1, -0.05) is 56.9 Å². The number of allylic oxidation sites excluding steroid dienone is 3. The molecule has 1 N–H and O–H groups in total. The van der Waals surface area contributed by atoms with Gasteiger partial charge in [-0.2, -0.15) is 0 Å². The molecule has 0 spiro atoms. The van der Waals surface area contributed by atoms with E-state index in [1.165, 1.54) is 5.56 Å². The fraction of sp³-hybridized carbons (Fsp3) is 0.385. The van der Waals surface area contributed by atoms with Gasteiger partial charge in [0.15, 0.2) is 5.78 Å². The van der Waals surface area contributed by atoms with Gasteiger partial charge in [-0.3, -0.25) is 9.79 Å². The summed E-state index contributed by atoms with van der Waals surface area (Å²) in [5.74, 6) is 1.33. The number of nitrogens with one attached hydrogen (secondary N) is 1. The van der Waals surface area contributed by atoms with Crippen molar-refractivity contribution in [2.24, 2.45) is 4.99 Å². The topological polar surface area (TPSA) is 59.9 Å². The lowest BCUT2D eigenvalue weighted by atomic mass is 10.0. The SMILES string of the molecule is C=C/C=C(\C=NCC1=C(OC)CCC(OC)C=C1)C(=O)CNc1ccc(C(C)C)cc1. The second-order valence-electron chi connectivity index (χ2n) is 7.71. The molecular weight excluding hydrogens is 388 g/mol. The number of carbonyl (C=O) groups excluding carboxylic acids is 1. The number of methoxy groups -OCH3 is 2. The van der Waals surface area contributed by atoms with Crippen LogP contribution in [-0.4, -0.2) is 45.4 Å². The number of hydrogen-bond donors (Lipinski definition) is 1. The van der Waals surface area contributed by atoms with Crippen LogP contribution in [0, 0.1) is 0 Å². The molecule has 31 heavy (non-hydrogen) atoms. The van der Waals surface area contributed by atoms with Crippen LogP contribution in [0.25, 0.3) is 0 Å². The molecule has 1 aromatic carbocycles. The number of hydrogen-bond acceptors (Lipinski definition) is 5. The van der Waals surface area contributed by atoms with Gasteiger partial charge in [0.05, 0.1) is 26.3 Å². The number of ketones is 1. The molecule has 0 aliphatic heterocycles. The lowest BCUT2D eigenvalue weighted by Gasteiger charge is -2.10. The van der Waals surface area contributed by atoms with Crippen molar-refractivity contribution in [1.29, 1.82) is 0 Å². The van der Waals surface area contributed by atoms with Gasteiger partial charge in [-0.15, -0.1) is 0 Å². The number of rotatable bonds is 11. The molecule has 0 fully saturated rings. The van der Waals surface area contributed by atoms with Crippen molar-refractivity contribution < 1.29 is 14.3 Å². The van der Waals surface area contributed by atoms with Crippen molar-refractivity contribution in [3.8, 4) is 0 Å². The minimum Gasteiger partial charge on any atom is -0.501 e. The molecule has 5 nitrogen and oxygen atoms in total. The molecule has 1 unspecified atom stereocenters. The van der Waals surface area contributed by atoms with Crippen LogP contribution in [0.2, 0.25) is 0 Å². The Hall–Kier alpha value is -2.92. The minimum absolute atomic E-state index is 0.0478. The van der Waals surface area contributed by atoms with Gasteiger partial charge in [0.25, 0.3) is 0 Å². The number of anilines is 1. The van der Waals surface area contributed by atoms with E-state index in [0.29, 0.717) is 18.0 Å². The van der Waals surface area contributed by atoms with Gasteiger partial charge >= 0.3 is 0 Å². The van der Waals surface area contributed by atoms with E-state index < -0.39 is 0 Å². The van der Waals surface area contributed by atoms with Crippen LogP contribution in [-0.2, 0) is 14.3 Å². The summed E-state index contributed by atoms with van der Waals surface area (Å²) in [7, 11) is 3.38. The predicted octanol–water partition coefficient (Wildman–Crippen LogP) is 5.24. The van der Waals surface area contributed by atoms with E-state index in [9.17, 15) is 4.79 Å². The fourth-order valence-corrected chi connectivity index (χ4v) is 3.26. The molecule has 0 heterocycles. The summed E-state index contributed by atoms with van der Waals surface area (Å²) in [6.45, 7) is 8.65. The number of nitrogens with zero attached hydrogens (tertiary/aromatic N) is 1. The molecule has 1 aliphatic rings. The summed E-state index contributed by atoms with van der Waals surface area (Å²) < 4.78 is 11.0. The molecule has 1 aliphatic carbocycles. The number of ether oxygens (including phenoxy) is 2. The van der Waals surface area contributed by atoms with E-state index in [1.807, 2.05) is 24.3 Å². The maximum Gasteiger partial charge on any atom is 0.183 e. The molecule has 166 valence electrons. The number of aliphatic imine (C=N–C) groups is 1. The monoisotopic (exact) mass is 422 g/mol. The Morgan fingerprint density at radius 2 is 2.03 bits per heavy atom. The van der Waals surface area contributed by atoms with Crippen molar-refractivity contribution >= 4 is 17.7 Å². The molecule has 0 aromatic heterocycles. The molecule has 0 amide bonds. The highest BCUT2D eigenvalue weighted by atomic mass is 16.5. The zero-order chi connectivity index (χ0) is 22.6. The Labute approximate surface area is 186 Å². The Bertz CT molecular complexity index is 861. The smallest absolute Gasteiger partial charge is 0.183 e. The first-order valence-corrected chi connectivity index (χ1v) is 10.6. The highest BCUT2D eigenvalue weighted by Gasteiger charge is 2.14. The van der Waals surface area contributed by atoms with Crippen molar-refractivity contribution in [3.63, 3.8) is 0 Å². The average Bonchev–Trinajstić information content (AvgIpc) is 2.98. The van der Waals surface area contributed by atoms with E-state index in [4.69, 9.17) is 9.47 Å². The highest BCUT2D eigenvalue weighted by Crippen LogP contribution is 2.21. The van der Waals surface area contributed by atoms with Crippen LogP contribution in [0.4, 0.5) is 5.69 Å². The van der Waals surface area contributed by atoms with Crippen molar-refractivity contribution in [3.05, 3.63) is 77.6 Å². The maximum absolute atomic E-state index is 12.7. The number of Topliss-reactive ketones (excluding diaryl/α,β-unsaturated/α-hetero) is 1. The number of benzene rings is 1. The van der Waals surface area contributed by atoms with Gasteiger partial charge in [0.1, 0.15) is 5.76 Å². The summed E-state index contributed by atoms with van der Waals surface area (Å²) in [5, 5.41) is 3.18. The summed E-state index contributed by atoms with van der Waals surface area (Å²) in [6.07, 6.45) is 10.7.